The van der Waals surface area contributed by atoms with Crippen LogP contribution in [0.5, 0.6) is 11.5 Å². The summed E-state index contributed by atoms with van der Waals surface area (Å²) in [7, 11) is 0. The molecule has 0 aromatic heterocycles. The molecule has 2 aromatic rings. The molecule has 0 fully saturated rings. The fourth-order valence-electron chi connectivity index (χ4n) is 2.57. The molecule has 5 nitrogen and oxygen atoms in total. The molecule has 0 spiro atoms. The number of benzene rings is 2. The molecular weight excluding hydrogens is 302 g/mol. The van der Waals surface area contributed by atoms with E-state index < -0.39 is 0 Å². The SMILES string of the molecule is Cc1ccccc1CN(N)/C=C(\N)c1cc(C(C)C)c(O)cc1O. The lowest BCUT2D eigenvalue weighted by Crippen LogP contribution is -2.26. The van der Waals surface area contributed by atoms with Gasteiger partial charge in [-0.3, -0.25) is 0 Å². The summed E-state index contributed by atoms with van der Waals surface area (Å²) in [4.78, 5) is 0. The van der Waals surface area contributed by atoms with Crippen LogP contribution in [0.3, 0.4) is 0 Å². The first-order valence-corrected chi connectivity index (χ1v) is 7.89. The van der Waals surface area contributed by atoms with Crippen LogP contribution >= 0.6 is 0 Å². The molecule has 2 aromatic carbocycles. The highest BCUT2D eigenvalue weighted by Crippen LogP contribution is 2.34. The predicted octanol–water partition coefficient (Wildman–Crippen LogP) is 3.16. The van der Waals surface area contributed by atoms with Crippen LogP contribution in [0.1, 0.15) is 42.0 Å². The molecule has 0 amide bonds. The maximum absolute atomic E-state index is 10.1. The van der Waals surface area contributed by atoms with Crippen molar-refractivity contribution in [2.24, 2.45) is 11.6 Å². The van der Waals surface area contributed by atoms with E-state index in [9.17, 15) is 10.2 Å². The van der Waals surface area contributed by atoms with E-state index in [-0.39, 0.29) is 17.4 Å². The fraction of sp³-hybridized carbons (Fsp3) is 0.263. The third-order valence-corrected chi connectivity index (χ3v) is 4.00. The van der Waals surface area contributed by atoms with Gasteiger partial charge in [-0.05, 0) is 35.6 Å². The number of phenolic OH excluding ortho intramolecular Hbond substituents is 2. The predicted molar refractivity (Wildman–Crippen MR) is 96.9 cm³/mol. The zero-order chi connectivity index (χ0) is 17.9. The van der Waals surface area contributed by atoms with Crippen LogP contribution in [0.4, 0.5) is 0 Å². The van der Waals surface area contributed by atoms with Crippen LogP contribution in [0, 0.1) is 6.92 Å². The van der Waals surface area contributed by atoms with E-state index in [2.05, 4.69) is 0 Å². The lowest BCUT2D eigenvalue weighted by molar-refractivity contribution is 0.386. The summed E-state index contributed by atoms with van der Waals surface area (Å²) in [5.74, 6) is 6.13. The summed E-state index contributed by atoms with van der Waals surface area (Å²) in [5.41, 5.74) is 9.87. The number of rotatable bonds is 5. The summed E-state index contributed by atoms with van der Waals surface area (Å²) in [5, 5.41) is 21.5. The van der Waals surface area contributed by atoms with Gasteiger partial charge in [-0.1, -0.05) is 38.1 Å². The lowest BCUT2D eigenvalue weighted by Gasteiger charge is -2.18. The molecule has 0 unspecified atom stereocenters. The maximum atomic E-state index is 10.1. The normalized spacial score (nSPS) is 11.8. The Labute approximate surface area is 142 Å². The highest BCUT2D eigenvalue weighted by Gasteiger charge is 2.13. The number of nitrogens with zero attached hydrogens (tertiary/aromatic N) is 1. The molecule has 0 atom stereocenters. The molecule has 0 saturated carbocycles. The second-order valence-corrected chi connectivity index (χ2v) is 6.27. The minimum Gasteiger partial charge on any atom is -0.508 e. The van der Waals surface area contributed by atoms with Crippen LogP contribution < -0.4 is 11.6 Å². The topological polar surface area (TPSA) is 95.7 Å². The zero-order valence-corrected chi connectivity index (χ0v) is 14.3. The second kappa shape index (κ2) is 7.27. The van der Waals surface area contributed by atoms with Gasteiger partial charge < -0.3 is 21.0 Å². The van der Waals surface area contributed by atoms with Crippen molar-refractivity contribution in [3.05, 3.63) is 64.9 Å². The van der Waals surface area contributed by atoms with Crippen LogP contribution in [0.25, 0.3) is 5.70 Å². The molecule has 0 aliphatic carbocycles. The van der Waals surface area contributed by atoms with Gasteiger partial charge in [0.25, 0.3) is 0 Å². The second-order valence-electron chi connectivity index (χ2n) is 6.27. The third-order valence-electron chi connectivity index (χ3n) is 4.00. The Morgan fingerprint density at radius 1 is 1.17 bits per heavy atom. The van der Waals surface area contributed by atoms with Gasteiger partial charge in [0, 0.05) is 17.8 Å². The molecule has 6 N–H and O–H groups in total. The van der Waals surface area contributed by atoms with Crippen molar-refractivity contribution in [1.29, 1.82) is 0 Å². The van der Waals surface area contributed by atoms with E-state index >= 15 is 0 Å². The van der Waals surface area contributed by atoms with Gasteiger partial charge in [0.15, 0.2) is 0 Å². The fourth-order valence-corrected chi connectivity index (χ4v) is 2.57. The Hall–Kier alpha value is -2.66. The van der Waals surface area contributed by atoms with Crippen molar-refractivity contribution in [2.75, 3.05) is 0 Å². The molecule has 5 heteroatoms. The molecule has 0 radical (unpaired) electrons. The van der Waals surface area contributed by atoms with Crippen molar-refractivity contribution >= 4 is 5.70 Å². The lowest BCUT2D eigenvalue weighted by atomic mass is 9.98. The van der Waals surface area contributed by atoms with E-state index in [0.29, 0.717) is 17.8 Å². The van der Waals surface area contributed by atoms with Gasteiger partial charge in [-0.15, -0.1) is 0 Å². The number of hydrazine groups is 1. The molecule has 24 heavy (non-hydrogen) atoms. The molecule has 0 saturated heterocycles. The maximum Gasteiger partial charge on any atom is 0.128 e. The van der Waals surface area contributed by atoms with Crippen molar-refractivity contribution in [1.82, 2.24) is 5.01 Å². The largest absolute Gasteiger partial charge is 0.508 e. The van der Waals surface area contributed by atoms with Gasteiger partial charge in [-0.25, -0.2) is 5.84 Å². The number of phenols is 2. The van der Waals surface area contributed by atoms with Gasteiger partial charge in [0.2, 0.25) is 0 Å². The minimum atomic E-state index is -0.0741. The van der Waals surface area contributed by atoms with Gasteiger partial charge in [0.05, 0.1) is 12.2 Å². The first-order chi connectivity index (χ1) is 11.3. The van der Waals surface area contributed by atoms with E-state index in [1.807, 2.05) is 45.0 Å². The molecule has 0 heterocycles. The first-order valence-electron chi connectivity index (χ1n) is 7.89. The molecule has 0 bridgehead atoms. The van der Waals surface area contributed by atoms with E-state index in [1.165, 1.54) is 11.1 Å². The number of hydrogen-bond donors (Lipinski definition) is 4. The highest BCUT2D eigenvalue weighted by atomic mass is 16.3. The summed E-state index contributed by atoms with van der Waals surface area (Å²) < 4.78 is 0. The quantitative estimate of drug-likeness (QED) is 0.500. The Bertz CT molecular complexity index is 754. The van der Waals surface area contributed by atoms with E-state index in [0.717, 1.165) is 16.7 Å². The average molecular weight is 327 g/mol. The number of aryl methyl sites for hydroxylation is 1. The van der Waals surface area contributed by atoms with E-state index in [4.69, 9.17) is 11.6 Å². The zero-order valence-electron chi connectivity index (χ0n) is 14.3. The Morgan fingerprint density at radius 2 is 1.83 bits per heavy atom. The summed E-state index contributed by atoms with van der Waals surface area (Å²) in [6.45, 7) is 6.45. The van der Waals surface area contributed by atoms with Crippen molar-refractivity contribution in [3.63, 3.8) is 0 Å². The van der Waals surface area contributed by atoms with Crippen LogP contribution in [-0.4, -0.2) is 15.2 Å². The smallest absolute Gasteiger partial charge is 0.128 e. The monoisotopic (exact) mass is 327 g/mol. The first kappa shape index (κ1) is 17.7. The van der Waals surface area contributed by atoms with Crippen molar-refractivity contribution < 1.29 is 10.2 Å². The Balaban J connectivity index is 2.27. The van der Waals surface area contributed by atoms with Crippen molar-refractivity contribution in [2.45, 2.75) is 33.2 Å². The summed E-state index contributed by atoms with van der Waals surface area (Å²) in [6, 6.07) is 11.0. The molecule has 128 valence electrons. The molecule has 0 aliphatic heterocycles. The number of aromatic hydroxyl groups is 2. The number of nitrogens with two attached hydrogens (primary N) is 2. The molecule has 0 aliphatic rings. The highest BCUT2D eigenvalue weighted by molar-refractivity contribution is 5.70. The minimum absolute atomic E-state index is 0.0589. The van der Waals surface area contributed by atoms with Gasteiger partial charge in [-0.2, -0.15) is 0 Å². The number of hydrogen-bond acceptors (Lipinski definition) is 5. The average Bonchev–Trinajstić information content (AvgIpc) is 2.49. The third kappa shape index (κ3) is 4.00. The Kier molecular flexibility index (Phi) is 5.36. The van der Waals surface area contributed by atoms with Gasteiger partial charge in [0.1, 0.15) is 11.5 Å². The van der Waals surface area contributed by atoms with Gasteiger partial charge >= 0.3 is 0 Å². The van der Waals surface area contributed by atoms with Crippen molar-refractivity contribution in [3.8, 4) is 11.5 Å². The van der Waals surface area contributed by atoms with E-state index in [1.54, 1.807) is 12.3 Å². The Morgan fingerprint density at radius 3 is 2.46 bits per heavy atom. The van der Waals surface area contributed by atoms with Crippen LogP contribution in [0.2, 0.25) is 0 Å². The van der Waals surface area contributed by atoms with Crippen LogP contribution in [0.15, 0.2) is 42.6 Å². The standard InChI is InChI=1S/C19H25N3O2/c1-12(2)15-8-16(19(24)9-18(15)23)17(20)11-22(21)10-14-7-5-4-6-13(14)3/h4-9,11-12,23-24H,10,20-21H2,1-3H3/b17-11-. The summed E-state index contributed by atoms with van der Waals surface area (Å²) in [6.07, 6.45) is 1.59. The summed E-state index contributed by atoms with van der Waals surface area (Å²) >= 11 is 0. The van der Waals surface area contributed by atoms with Crippen LogP contribution in [-0.2, 0) is 6.54 Å². The molecule has 2 rings (SSSR count). The molecular formula is C19H25N3O2.